The van der Waals surface area contributed by atoms with Crippen molar-refractivity contribution >= 4 is 53.3 Å². The van der Waals surface area contributed by atoms with E-state index < -0.39 is 83.7 Å². The molecule has 2 aromatic rings. The molecule has 1 fully saturated rings. The number of carboxylic acids is 1. The molecule has 16 heteroatoms. The first-order chi connectivity index (χ1) is 26.6. The van der Waals surface area contributed by atoms with Crippen LogP contribution in [0.1, 0.15) is 64.5 Å². The minimum Gasteiger partial charge on any atom is -0.480 e. The Labute approximate surface area is 333 Å². The first-order valence-corrected chi connectivity index (χ1v) is 20.4. The quantitative estimate of drug-likeness (QED) is 0.0979. The highest BCUT2D eigenvalue weighted by molar-refractivity contribution is 7.98. The molecule has 0 saturated carbocycles. The molecule has 2 aromatic carbocycles. The molecule has 1 aliphatic rings. The number of amides is 7. The third kappa shape index (κ3) is 14.2. The van der Waals surface area contributed by atoms with Crippen LogP contribution < -0.4 is 32.3 Å². The average molecular weight is 796 g/mol. The van der Waals surface area contributed by atoms with Crippen LogP contribution in [0.3, 0.4) is 0 Å². The fourth-order valence-corrected chi connectivity index (χ4v) is 6.95. The van der Waals surface area contributed by atoms with Crippen LogP contribution in [0.5, 0.6) is 0 Å². The van der Waals surface area contributed by atoms with Gasteiger partial charge in [-0.2, -0.15) is 11.8 Å². The highest BCUT2D eigenvalue weighted by Gasteiger charge is 2.37. The minimum absolute atomic E-state index is 0.0447. The summed E-state index contributed by atoms with van der Waals surface area (Å²) in [5.74, 6) is -4.38. The van der Waals surface area contributed by atoms with Crippen molar-refractivity contribution in [3.63, 3.8) is 0 Å². The lowest BCUT2D eigenvalue weighted by atomic mass is 9.98. The molecule has 1 saturated heterocycles. The third-order valence-corrected chi connectivity index (χ3v) is 10.1. The van der Waals surface area contributed by atoms with Crippen LogP contribution in [-0.4, -0.2) is 106 Å². The summed E-state index contributed by atoms with van der Waals surface area (Å²) in [6, 6.07) is 10.7. The highest BCUT2D eigenvalue weighted by atomic mass is 32.2. The van der Waals surface area contributed by atoms with Gasteiger partial charge in [0, 0.05) is 19.4 Å². The van der Waals surface area contributed by atoms with E-state index >= 15 is 0 Å². The molecule has 0 bridgehead atoms. The molecule has 56 heavy (non-hydrogen) atoms. The molecule has 1 aliphatic heterocycles. The van der Waals surface area contributed by atoms with Crippen LogP contribution in [0.15, 0.2) is 60.7 Å². The fraction of sp³-hybridized carbons (Fsp3) is 0.525. The van der Waals surface area contributed by atoms with Gasteiger partial charge in [-0.3, -0.25) is 24.0 Å². The van der Waals surface area contributed by atoms with E-state index in [1.807, 2.05) is 32.2 Å². The SMILES string of the molecule is CSCC[C@H](NC(=O)[C@H](CC(C)C)NC(=O)[C@H](Cc1ccccc1)NC(=O)[C@@H](NC(=O)[C@H](Cc1ccccc1)NC(=O)[C@@H]1CCCN1C(N)=O)C(C)C)C(=O)O. The van der Waals surface area contributed by atoms with E-state index in [-0.39, 0.29) is 31.6 Å². The van der Waals surface area contributed by atoms with Crippen LogP contribution in [0.25, 0.3) is 0 Å². The van der Waals surface area contributed by atoms with Crippen molar-refractivity contribution in [2.24, 2.45) is 17.6 Å². The monoisotopic (exact) mass is 795 g/mol. The zero-order chi connectivity index (χ0) is 41.4. The van der Waals surface area contributed by atoms with Gasteiger partial charge in [-0.25, -0.2) is 9.59 Å². The summed E-state index contributed by atoms with van der Waals surface area (Å²) in [7, 11) is 0. The summed E-state index contributed by atoms with van der Waals surface area (Å²) in [4.78, 5) is 94.1. The minimum atomic E-state index is -1.20. The van der Waals surface area contributed by atoms with Crippen molar-refractivity contribution in [1.29, 1.82) is 0 Å². The number of carbonyl (C=O) groups excluding carboxylic acids is 6. The largest absolute Gasteiger partial charge is 0.480 e. The predicted molar refractivity (Wildman–Crippen MR) is 214 cm³/mol. The number of hydrogen-bond donors (Lipinski definition) is 7. The number of carbonyl (C=O) groups is 7. The Morgan fingerprint density at radius 1 is 0.732 bits per heavy atom. The summed E-state index contributed by atoms with van der Waals surface area (Å²) < 4.78 is 0. The molecule has 0 aliphatic carbocycles. The number of nitrogens with one attached hydrogen (secondary N) is 5. The zero-order valence-electron chi connectivity index (χ0n) is 32.8. The Bertz CT molecular complexity index is 1650. The molecule has 0 spiro atoms. The van der Waals surface area contributed by atoms with Gasteiger partial charge in [0.15, 0.2) is 0 Å². The van der Waals surface area contributed by atoms with Crippen molar-refractivity contribution in [2.45, 2.75) is 102 Å². The molecule has 1 heterocycles. The molecule has 8 N–H and O–H groups in total. The van der Waals surface area contributed by atoms with Gasteiger partial charge < -0.3 is 42.3 Å². The van der Waals surface area contributed by atoms with Gasteiger partial charge in [0.1, 0.15) is 36.3 Å². The lowest BCUT2D eigenvalue weighted by Crippen LogP contribution is -2.61. The van der Waals surface area contributed by atoms with Gasteiger partial charge >= 0.3 is 12.0 Å². The predicted octanol–water partition coefficient (Wildman–Crippen LogP) is 1.98. The van der Waals surface area contributed by atoms with E-state index in [1.54, 1.807) is 62.4 Å². The highest BCUT2D eigenvalue weighted by Crippen LogP contribution is 2.18. The molecule has 7 amide bonds. The van der Waals surface area contributed by atoms with E-state index in [9.17, 15) is 38.7 Å². The van der Waals surface area contributed by atoms with Gasteiger partial charge in [-0.1, -0.05) is 88.4 Å². The van der Waals surface area contributed by atoms with Crippen LogP contribution in [-0.2, 0) is 41.6 Å². The topological polar surface area (TPSA) is 229 Å². The normalized spacial score (nSPS) is 16.6. The fourth-order valence-electron chi connectivity index (χ4n) is 6.48. The van der Waals surface area contributed by atoms with E-state index in [0.717, 1.165) is 5.56 Å². The van der Waals surface area contributed by atoms with Crippen molar-refractivity contribution < 1.29 is 38.7 Å². The Balaban J connectivity index is 1.86. The smallest absolute Gasteiger partial charge is 0.326 e. The number of benzene rings is 2. The Morgan fingerprint density at radius 2 is 1.23 bits per heavy atom. The Kier molecular flexibility index (Phi) is 18.1. The lowest BCUT2D eigenvalue weighted by Gasteiger charge is -2.29. The maximum atomic E-state index is 14.1. The van der Waals surface area contributed by atoms with Crippen molar-refractivity contribution in [1.82, 2.24) is 31.5 Å². The number of thioether (sulfide) groups is 1. The zero-order valence-corrected chi connectivity index (χ0v) is 33.6. The van der Waals surface area contributed by atoms with Gasteiger partial charge in [0.2, 0.25) is 29.5 Å². The molecule has 3 rings (SSSR count). The lowest BCUT2D eigenvalue weighted by molar-refractivity contribution is -0.142. The Morgan fingerprint density at radius 3 is 1.73 bits per heavy atom. The first kappa shape index (κ1) is 45.3. The summed E-state index contributed by atoms with van der Waals surface area (Å²) in [5.41, 5.74) is 6.96. The first-order valence-electron chi connectivity index (χ1n) is 19.0. The standard InChI is InChI=1S/C40H57N7O8S/c1-24(2)21-29(34(48)42-28(39(53)54)18-20-56-5)43-35(49)30(22-26-13-8-6-9-14-26)45-38(52)33(25(3)4)46-36(50)31(23-27-15-10-7-11-16-27)44-37(51)32-17-12-19-47(32)40(41)55/h6-11,13-16,24-25,28-33H,12,17-23H2,1-5H3,(H2,41,55)(H,42,48)(H,43,49)(H,44,51)(H,45,52)(H,46,50)(H,53,54)/t28-,29-,30-,31-,32-,33-/m0/s1. The molecule has 0 unspecified atom stereocenters. The second-order valence-corrected chi connectivity index (χ2v) is 15.8. The molecule has 306 valence electrons. The molecule has 15 nitrogen and oxygen atoms in total. The Hall–Kier alpha value is -5.12. The van der Waals surface area contributed by atoms with Crippen LogP contribution >= 0.6 is 11.8 Å². The molecule has 6 atom stereocenters. The van der Waals surface area contributed by atoms with Crippen molar-refractivity contribution in [3.8, 4) is 0 Å². The summed E-state index contributed by atoms with van der Waals surface area (Å²) in [6.07, 6.45) is 3.33. The van der Waals surface area contributed by atoms with Gasteiger partial charge in [0.05, 0.1) is 0 Å². The molecule has 0 aromatic heterocycles. The second-order valence-electron chi connectivity index (χ2n) is 14.8. The number of carboxylic acid groups (broad SMARTS) is 1. The maximum absolute atomic E-state index is 14.1. The number of rotatable bonds is 21. The van der Waals surface area contributed by atoms with Gasteiger partial charge in [-0.15, -0.1) is 0 Å². The van der Waals surface area contributed by atoms with E-state index in [2.05, 4.69) is 26.6 Å². The number of nitrogens with zero attached hydrogens (tertiary/aromatic N) is 1. The van der Waals surface area contributed by atoms with Crippen LogP contribution in [0.2, 0.25) is 0 Å². The summed E-state index contributed by atoms with van der Waals surface area (Å²) in [6.45, 7) is 7.50. The number of nitrogens with two attached hydrogens (primary N) is 1. The number of hydrogen-bond acceptors (Lipinski definition) is 8. The van der Waals surface area contributed by atoms with Crippen LogP contribution in [0, 0.1) is 11.8 Å². The number of primary amides is 1. The van der Waals surface area contributed by atoms with Crippen molar-refractivity contribution in [3.05, 3.63) is 71.8 Å². The molecular formula is C40H57N7O8S. The third-order valence-electron chi connectivity index (χ3n) is 9.48. The second kappa shape index (κ2) is 22.4. The number of urea groups is 1. The number of likely N-dealkylation sites (tertiary alicyclic amines) is 1. The van der Waals surface area contributed by atoms with Crippen molar-refractivity contribution in [2.75, 3.05) is 18.6 Å². The van der Waals surface area contributed by atoms with Crippen LogP contribution in [0.4, 0.5) is 4.79 Å². The van der Waals surface area contributed by atoms with Gasteiger partial charge in [-0.05, 0) is 60.7 Å². The number of aliphatic carboxylic acids is 1. The molecular weight excluding hydrogens is 739 g/mol. The summed E-state index contributed by atoms with van der Waals surface area (Å²) >= 11 is 1.45. The van der Waals surface area contributed by atoms with E-state index in [4.69, 9.17) is 5.73 Å². The average Bonchev–Trinajstić information content (AvgIpc) is 3.66. The molecule has 0 radical (unpaired) electrons. The van der Waals surface area contributed by atoms with E-state index in [1.165, 1.54) is 16.7 Å². The maximum Gasteiger partial charge on any atom is 0.326 e. The summed E-state index contributed by atoms with van der Waals surface area (Å²) in [5, 5.41) is 23.4. The van der Waals surface area contributed by atoms with E-state index in [0.29, 0.717) is 30.7 Å². The van der Waals surface area contributed by atoms with Gasteiger partial charge in [0.25, 0.3) is 0 Å².